The SMILES string of the molecule is COc1ccc(S(=O)(=O)NCCC(=O)N2CCN(Cc3c(C)noc3C)CC2)cc1OC. The van der Waals surface area contributed by atoms with Gasteiger partial charge >= 0.3 is 0 Å². The van der Waals surface area contributed by atoms with E-state index in [-0.39, 0.29) is 23.8 Å². The van der Waals surface area contributed by atoms with Gasteiger partial charge in [-0.1, -0.05) is 5.16 Å². The van der Waals surface area contributed by atoms with Crippen LogP contribution < -0.4 is 14.2 Å². The van der Waals surface area contributed by atoms with E-state index in [4.69, 9.17) is 14.0 Å². The van der Waals surface area contributed by atoms with Gasteiger partial charge in [0.1, 0.15) is 5.76 Å². The molecule has 0 bridgehead atoms. The Bertz CT molecular complexity index is 1030. The van der Waals surface area contributed by atoms with Gasteiger partial charge < -0.3 is 18.9 Å². The Morgan fingerprint density at radius 2 is 1.81 bits per heavy atom. The highest BCUT2D eigenvalue weighted by atomic mass is 32.2. The van der Waals surface area contributed by atoms with E-state index in [2.05, 4.69) is 14.8 Å². The summed E-state index contributed by atoms with van der Waals surface area (Å²) in [7, 11) is -0.852. The third-order valence-electron chi connectivity index (χ3n) is 5.58. The van der Waals surface area contributed by atoms with Crippen LogP contribution in [-0.4, -0.2) is 76.2 Å². The first-order valence-corrected chi connectivity index (χ1v) is 11.9. The average molecular weight is 467 g/mol. The molecule has 0 spiro atoms. The molecule has 0 atom stereocenters. The Balaban J connectivity index is 1.47. The smallest absolute Gasteiger partial charge is 0.240 e. The van der Waals surface area contributed by atoms with Crippen molar-refractivity contribution < 1.29 is 27.2 Å². The number of rotatable bonds is 9. The van der Waals surface area contributed by atoms with E-state index < -0.39 is 10.0 Å². The van der Waals surface area contributed by atoms with E-state index in [1.807, 2.05) is 13.8 Å². The van der Waals surface area contributed by atoms with Crippen LogP contribution in [0.1, 0.15) is 23.4 Å². The normalized spacial score (nSPS) is 15.1. The monoisotopic (exact) mass is 466 g/mol. The summed E-state index contributed by atoms with van der Waals surface area (Å²) in [5.41, 5.74) is 1.98. The molecule has 3 rings (SSSR count). The van der Waals surface area contributed by atoms with Gasteiger partial charge in [0.25, 0.3) is 0 Å². The highest BCUT2D eigenvalue weighted by Gasteiger charge is 2.23. The molecule has 1 saturated heterocycles. The van der Waals surface area contributed by atoms with Gasteiger partial charge in [0.15, 0.2) is 11.5 Å². The lowest BCUT2D eigenvalue weighted by molar-refractivity contribution is -0.132. The van der Waals surface area contributed by atoms with Crippen LogP contribution in [0.2, 0.25) is 0 Å². The van der Waals surface area contributed by atoms with Crippen molar-refractivity contribution in [3.8, 4) is 11.5 Å². The molecule has 11 heteroatoms. The number of piperazine rings is 1. The third-order valence-corrected chi connectivity index (χ3v) is 7.04. The van der Waals surface area contributed by atoms with E-state index in [1.165, 1.54) is 32.4 Å². The first-order valence-electron chi connectivity index (χ1n) is 10.4. The second-order valence-corrected chi connectivity index (χ2v) is 9.39. The molecule has 0 radical (unpaired) electrons. The number of carbonyl (C=O) groups excluding carboxylic acids is 1. The van der Waals surface area contributed by atoms with Crippen molar-refractivity contribution >= 4 is 15.9 Å². The molecule has 1 N–H and O–H groups in total. The van der Waals surface area contributed by atoms with E-state index >= 15 is 0 Å². The van der Waals surface area contributed by atoms with E-state index in [0.29, 0.717) is 24.6 Å². The van der Waals surface area contributed by atoms with E-state index in [9.17, 15) is 13.2 Å². The summed E-state index contributed by atoms with van der Waals surface area (Å²) in [5, 5.41) is 3.98. The summed E-state index contributed by atoms with van der Waals surface area (Å²) in [4.78, 5) is 16.6. The number of amides is 1. The number of ether oxygens (including phenoxy) is 2. The highest BCUT2D eigenvalue weighted by Crippen LogP contribution is 2.29. The molecule has 1 aliphatic rings. The Morgan fingerprint density at radius 3 is 2.41 bits per heavy atom. The minimum absolute atomic E-state index is 0.0226. The summed E-state index contributed by atoms with van der Waals surface area (Å²) >= 11 is 0. The minimum atomic E-state index is -3.77. The molecule has 0 unspecified atom stereocenters. The summed E-state index contributed by atoms with van der Waals surface area (Å²) < 4.78 is 43.1. The van der Waals surface area contributed by atoms with E-state index in [0.717, 1.165) is 36.7 Å². The molecule has 1 aromatic heterocycles. The van der Waals surface area contributed by atoms with Crippen LogP contribution in [-0.2, 0) is 21.4 Å². The molecule has 32 heavy (non-hydrogen) atoms. The average Bonchev–Trinajstić information content (AvgIpc) is 3.10. The topological polar surface area (TPSA) is 114 Å². The fourth-order valence-electron chi connectivity index (χ4n) is 3.62. The molecule has 10 nitrogen and oxygen atoms in total. The van der Waals surface area contributed by atoms with Crippen molar-refractivity contribution in [2.24, 2.45) is 0 Å². The van der Waals surface area contributed by atoms with Gasteiger partial charge in [0, 0.05) is 57.3 Å². The molecule has 0 aliphatic carbocycles. The maximum atomic E-state index is 12.6. The molecule has 1 amide bonds. The lowest BCUT2D eigenvalue weighted by Gasteiger charge is -2.34. The lowest BCUT2D eigenvalue weighted by Crippen LogP contribution is -2.48. The number of aryl methyl sites for hydroxylation is 2. The molecule has 0 saturated carbocycles. The number of methoxy groups -OCH3 is 2. The molecular formula is C21H30N4O6S. The number of nitrogens with one attached hydrogen (secondary N) is 1. The summed E-state index contributed by atoms with van der Waals surface area (Å²) in [6.07, 6.45) is 0.0936. The summed E-state index contributed by atoms with van der Waals surface area (Å²) in [6, 6.07) is 4.35. The zero-order valence-electron chi connectivity index (χ0n) is 18.9. The first-order chi connectivity index (χ1) is 15.2. The third kappa shape index (κ3) is 5.59. The van der Waals surface area contributed by atoms with Crippen molar-refractivity contribution in [3.05, 3.63) is 35.2 Å². The van der Waals surface area contributed by atoms with Crippen molar-refractivity contribution in [1.29, 1.82) is 0 Å². The molecule has 1 aromatic carbocycles. The number of sulfonamides is 1. The van der Waals surface area contributed by atoms with Gasteiger partial charge in [-0.2, -0.15) is 0 Å². The van der Waals surface area contributed by atoms with Crippen LogP contribution in [0.25, 0.3) is 0 Å². The van der Waals surface area contributed by atoms with Gasteiger partial charge in [0.05, 0.1) is 24.8 Å². The van der Waals surface area contributed by atoms with Crippen LogP contribution in [0.5, 0.6) is 11.5 Å². The first kappa shape index (κ1) is 24.0. The number of carbonyl (C=O) groups is 1. The van der Waals surface area contributed by atoms with Crippen molar-refractivity contribution in [2.45, 2.75) is 31.7 Å². The quantitative estimate of drug-likeness (QED) is 0.589. The van der Waals surface area contributed by atoms with Crippen molar-refractivity contribution in [1.82, 2.24) is 19.7 Å². The molecule has 2 heterocycles. The van der Waals surface area contributed by atoms with Crippen LogP contribution in [0.4, 0.5) is 0 Å². The summed E-state index contributed by atoms with van der Waals surface area (Å²) in [6.45, 7) is 7.28. The Kier molecular flexibility index (Phi) is 7.75. The van der Waals surface area contributed by atoms with Crippen LogP contribution in [0, 0.1) is 13.8 Å². The Labute approximate surface area is 188 Å². The number of nitrogens with zero attached hydrogens (tertiary/aromatic N) is 3. The predicted octanol–water partition coefficient (Wildman–Crippen LogP) is 1.32. The summed E-state index contributed by atoms with van der Waals surface area (Å²) in [5.74, 6) is 1.51. The van der Waals surface area contributed by atoms with Gasteiger partial charge in [-0.05, 0) is 26.0 Å². The maximum Gasteiger partial charge on any atom is 0.240 e. The van der Waals surface area contributed by atoms with Crippen LogP contribution in [0.15, 0.2) is 27.6 Å². The van der Waals surface area contributed by atoms with E-state index in [1.54, 1.807) is 4.90 Å². The van der Waals surface area contributed by atoms with Crippen LogP contribution >= 0.6 is 0 Å². The maximum absolute atomic E-state index is 12.6. The lowest BCUT2D eigenvalue weighted by atomic mass is 10.1. The highest BCUT2D eigenvalue weighted by molar-refractivity contribution is 7.89. The van der Waals surface area contributed by atoms with Gasteiger partial charge in [-0.15, -0.1) is 0 Å². The zero-order chi connectivity index (χ0) is 23.3. The fraction of sp³-hybridized carbons (Fsp3) is 0.524. The second-order valence-electron chi connectivity index (χ2n) is 7.62. The molecule has 1 aliphatic heterocycles. The number of hydrogen-bond donors (Lipinski definition) is 1. The predicted molar refractivity (Wildman–Crippen MR) is 117 cm³/mol. The second kappa shape index (κ2) is 10.3. The van der Waals surface area contributed by atoms with Crippen molar-refractivity contribution in [3.63, 3.8) is 0 Å². The molecule has 1 fully saturated rings. The largest absolute Gasteiger partial charge is 0.493 e. The molecule has 2 aromatic rings. The van der Waals surface area contributed by atoms with Crippen molar-refractivity contribution in [2.75, 3.05) is 46.9 Å². The standard InChI is InChI=1S/C21H30N4O6S/c1-15-18(16(2)31-23-15)14-24-9-11-25(12-10-24)21(26)7-8-22-32(27,28)17-5-6-19(29-3)20(13-17)30-4/h5-6,13,22H,7-12,14H2,1-4H3. The van der Waals surface area contributed by atoms with Gasteiger partial charge in [0.2, 0.25) is 15.9 Å². The molecule has 176 valence electrons. The molecular weight excluding hydrogens is 436 g/mol. The number of aromatic nitrogens is 1. The minimum Gasteiger partial charge on any atom is -0.493 e. The van der Waals surface area contributed by atoms with Crippen LogP contribution in [0.3, 0.4) is 0 Å². The van der Waals surface area contributed by atoms with Gasteiger partial charge in [-0.25, -0.2) is 13.1 Å². The van der Waals surface area contributed by atoms with Gasteiger partial charge in [-0.3, -0.25) is 9.69 Å². The fourth-order valence-corrected chi connectivity index (χ4v) is 4.67. The Hall–Kier alpha value is -2.63. The zero-order valence-corrected chi connectivity index (χ0v) is 19.7. The number of benzene rings is 1. The number of hydrogen-bond acceptors (Lipinski definition) is 8. The Morgan fingerprint density at radius 1 is 1.12 bits per heavy atom.